The summed E-state index contributed by atoms with van der Waals surface area (Å²) < 4.78 is 25.2. The van der Waals surface area contributed by atoms with Gasteiger partial charge in [0.15, 0.2) is 17.4 Å². The Bertz CT molecular complexity index is 1250. The number of hydrogen-bond donors (Lipinski definition) is 1. The van der Waals surface area contributed by atoms with Gasteiger partial charge in [0.05, 0.1) is 31.4 Å². The normalized spacial score (nSPS) is 13.6. The summed E-state index contributed by atoms with van der Waals surface area (Å²) in [6, 6.07) is 6.06. The van der Waals surface area contributed by atoms with E-state index in [1.54, 1.807) is 9.80 Å². The molecule has 0 radical (unpaired) electrons. The van der Waals surface area contributed by atoms with Crippen LogP contribution in [0.1, 0.15) is 22.8 Å². The Labute approximate surface area is 189 Å². The summed E-state index contributed by atoms with van der Waals surface area (Å²) in [6.07, 6.45) is 1.25. The van der Waals surface area contributed by atoms with Crippen LogP contribution < -0.4 is 15.4 Å². The van der Waals surface area contributed by atoms with Gasteiger partial charge in [-0.2, -0.15) is 5.26 Å². The number of nitriles is 1. The van der Waals surface area contributed by atoms with Crippen molar-refractivity contribution < 1.29 is 18.7 Å². The predicted molar refractivity (Wildman–Crippen MR) is 119 cm³/mol. The molecule has 2 aromatic heterocycles. The van der Waals surface area contributed by atoms with Crippen molar-refractivity contribution in [3.05, 3.63) is 41.5 Å². The highest BCUT2D eigenvalue weighted by molar-refractivity contribution is 6.10. The van der Waals surface area contributed by atoms with Gasteiger partial charge in [-0.1, -0.05) is 0 Å². The van der Waals surface area contributed by atoms with E-state index in [0.29, 0.717) is 43.8 Å². The van der Waals surface area contributed by atoms with Gasteiger partial charge >= 0.3 is 0 Å². The minimum absolute atomic E-state index is 0.0207. The van der Waals surface area contributed by atoms with Crippen LogP contribution in [0, 0.1) is 17.1 Å². The molecule has 0 saturated carbocycles. The fourth-order valence-corrected chi connectivity index (χ4v) is 3.82. The lowest BCUT2D eigenvalue weighted by Gasteiger charge is -2.30. The standard InChI is InChI=1S/C22H22FN7O3/c1-3-30(20-15(11-24)19(25)26-12-27-20)21-18(32-2)17(22(31)29-6-8-33-9-7-29)14-10-13(23)4-5-16(14)28-21/h4-5,10,12H,3,6-9H2,1-2H3,(H2,25,26,27). The van der Waals surface area contributed by atoms with Crippen molar-refractivity contribution in [2.75, 3.05) is 50.6 Å². The second-order valence-corrected chi connectivity index (χ2v) is 7.22. The highest BCUT2D eigenvalue weighted by Gasteiger charge is 2.30. The zero-order valence-electron chi connectivity index (χ0n) is 18.2. The van der Waals surface area contributed by atoms with Crippen LogP contribution in [0.2, 0.25) is 0 Å². The molecule has 1 aliphatic rings. The van der Waals surface area contributed by atoms with E-state index < -0.39 is 5.82 Å². The zero-order chi connectivity index (χ0) is 23.5. The Hall–Kier alpha value is -4.04. The quantitative estimate of drug-likeness (QED) is 0.620. The lowest BCUT2D eigenvalue weighted by Crippen LogP contribution is -2.41. The van der Waals surface area contributed by atoms with Gasteiger partial charge in [0.25, 0.3) is 5.91 Å². The number of ether oxygens (including phenoxy) is 2. The van der Waals surface area contributed by atoms with Crippen molar-refractivity contribution in [3.63, 3.8) is 0 Å². The molecule has 0 bridgehead atoms. The first-order chi connectivity index (χ1) is 16.0. The molecule has 10 nitrogen and oxygen atoms in total. The molecule has 4 rings (SSSR count). The van der Waals surface area contributed by atoms with Crippen molar-refractivity contribution in [1.82, 2.24) is 19.9 Å². The molecule has 170 valence electrons. The second kappa shape index (κ2) is 9.22. The smallest absolute Gasteiger partial charge is 0.258 e. The highest BCUT2D eigenvalue weighted by atomic mass is 19.1. The number of morpholine rings is 1. The minimum Gasteiger partial charge on any atom is -0.492 e. The van der Waals surface area contributed by atoms with Crippen molar-refractivity contribution >= 4 is 34.3 Å². The third-order valence-electron chi connectivity index (χ3n) is 5.40. The SMILES string of the molecule is CCN(c1ncnc(N)c1C#N)c1nc2ccc(F)cc2c(C(=O)N2CCOCC2)c1OC. The van der Waals surface area contributed by atoms with Crippen LogP contribution in [-0.2, 0) is 4.74 Å². The average molecular weight is 451 g/mol. The summed E-state index contributed by atoms with van der Waals surface area (Å²) >= 11 is 0. The van der Waals surface area contributed by atoms with E-state index in [4.69, 9.17) is 15.2 Å². The van der Waals surface area contributed by atoms with E-state index in [1.807, 2.05) is 13.0 Å². The molecule has 3 heterocycles. The van der Waals surface area contributed by atoms with Crippen LogP contribution in [-0.4, -0.2) is 65.7 Å². The Morgan fingerprint density at radius 3 is 2.76 bits per heavy atom. The van der Waals surface area contributed by atoms with Gasteiger partial charge in [-0.05, 0) is 25.1 Å². The Kier molecular flexibility index (Phi) is 6.19. The molecule has 0 atom stereocenters. The van der Waals surface area contributed by atoms with E-state index in [1.165, 1.54) is 31.6 Å². The number of fused-ring (bicyclic) bond motifs is 1. The van der Waals surface area contributed by atoms with Crippen LogP contribution in [0.15, 0.2) is 24.5 Å². The Balaban J connectivity index is 1.99. The molecular weight excluding hydrogens is 429 g/mol. The van der Waals surface area contributed by atoms with E-state index >= 15 is 0 Å². The van der Waals surface area contributed by atoms with Gasteiger partial charge < -0.3 is 25.0 Å². The van der Waals surface area contributed by atoms with Gasteiger partial charge in [-0.15, -0.1) is 0 Å². The lowest BCUT2D eigenvalue weighted by molar-refractivity contribution is 0.0302. The van der Waals surface area contributed by atoms with E-state index in [0.717, 1.165) is 0 Å². The lowest BCUT2D eigenvalue weighted by atomic mass is 10.0. The molecule has 11 heteroatoms. The Morgan fingerprint density at radius 2 is 2.09 bits per heavy atom. The maximum absolute atomic E-state index is 14.2. The fraction of sp³-hybridized carbons (Fsp3) is 0.318. The Morgan fingerprint density at radius 1 is 1.33 bits per heavy atom. The number of carbonyl (C=O) groups is 1. The number of aromatic nitrogens is 3. The molecule has 0 unspecified atom stereocenters. The number of nitrogen functional groups attached to an aromatic ring is 1. The van der Waals surface area contributed by atoms with Crippen LogP contribution >= 0.6 is 0 Å². The number of benzene rings is 1. The first kappa shape index (κ1) is 22.2. The molecule has 1 fully saturated rings. The number of anilines is 3. The molecule has 0 aliphatic carbocycles. The third-order valence-corrected chi connectivity index (χ3v) is 5.40. The zero-order valence-corrected chi connectivity index (χ0v) is 18.2. The maximum atomic E-state index is 14.2. The molecule has 3 aromatic rings. The number of nitrogens with two attached hydrogens (primary N) is 1. The predicted octanol–water partition coefficient (Wildman–Crippen LogP) is 2.26. The van der Waals surface area contributed by atoms with Crippen molar-refractivity contribution in [2.24, 2.45) is 0 Å². The van der Waals surface area contributed by atoms with Gasteiger partial charge in [0, 0.05) is 25.0 Å². The van der Waals surface area contributed by atoms with Crippen LogP contribution in [0.25, 0.3) is 10.9 Å². The minimum atomic E-state index is -0.502. The number of pyridine rings is 1. The molecule has 0 spiro atoms. The number of amides is 1. The summed E-state index contributed by atoms with van der Waals surface area (Å²) in [5.74, 6) is -0.180. The van der Waals surface area contributed by atoms with E-state index in [9.17, 15) is 14.4 Å². The third kappa shape index (κ3) is 3.96. The molecular formula is C22H22FN7O3. The topological polar surface area (TPSA) is 130 Å². The first-order valence-corrected chi connectivity index (χ1v) is 10.3. The van der Waals surface area contributed by atoms with Crippen molar-refractivity contribution in [1.29, 1.82) is 5.26 Å². The van der Waals surface area contributed by atoms with Crippen LogP contribution in [0.3, 0.4) is 0 Å². The number of halogens is 1. The second-order valence-electron chi connectivity index (χ2n) is 7.22. The number of methoxy groups -OCH3 is 1. The molecule has 1 saturated heterocycles. The first-order valence-electron chi connectivity index (χ1n) is 10.3. The monoisotopic (exact) mass is 451 g/mol. The number of hydrogen-bond acceptors (Lipinski definition) is 9. The number of carbonyl (C=O) groups excluding carboxylic acids is 1. The van der Waals surface area contributed by atoms with Crippen LogP contribution in [0.4, 0.5) is 21.8 Å². The molecule has 2 N–H and O–H groups in total. The van der Waals surface area contributed by atoms with Gasteiger partial charge in [-0.25, -0.2) is 19.3 Å². The average Bonchev–Trinajstić information content (AvgIpc) is 2.84. The number of nitrogens with zero attached hydrogens (tertiary/aromatic N) is 6. The van der Waals surface area contributed by atoms with Gasteiger partial charge in [0.1, 0.15) is 29.6 Å². The molecule has 1 amide bonds. The van der Waals surface area contributed by atoms with E-state index in [-0.39, 0.29) is 40.2 Å². The van der Waals surface area contributed by atoms with Gasteiger partial charge in [-0.3, -0.25) is 4.79 Å². The summed E-state index contributed by atoms with van der Waals surface area (Å²) in [6.45, 7) is 3.77. The van der Waals surface area contributed by atoms with E-state index in [2.05, 4.69) is 15.0 Å². The molecule has 33 heavy (non-hydrogen) atoms. The summed E-state index contributed by atoms with van der Waals surface area (Å²) in [7, 11) is 1.41. The summed E-state index contributed by atoms with van der Waals surface area (Å²) in [4.78, 5) is 29.6. The summed E-state index contributed by atoms with van der Waals surface area (Å²) in [5, 5.41) is 9.95. The maximum Gasteiger partial charge on any atom is 0.258 e. The van der Waals surface area contributed by atoms with Crippen molar-refractivity contribution in [3.8, 4) is 11.8 Å². The van der Waals surface area contributed by atoms with Gasteiger partial charge in [0.2, 0.25) is 0 Å². The van der Waals surface area contributed by atoms with Crippen molar-refractivity contribution in [2.45, 2.75) is 6.92 Å². The molecule has 1 aliphatic heterocycles. The van der Waals surface area contributed by atoms with Crippen LogP contribution in [0.5, 0.6) is 5.75 Å². The molecule has 1 aromatic carbocycles. The number of rotatable bonds is 5. The largest absolute Gasteiger partial charge is 0.492 e. The fourth-order valence-electron chi connectivity index (χ4n) is 3.82. The highest BCUT2D eigenvalue weighted by Crippen LogP contribution is 2.40. The summed E-state index contributed by atoms with van der Waals surface area (Å²) in [5.41, 5.74) is 6.53.